The number of thioether (sulfide) groups is 1. The smallest absolute Gasteiger partial charge is 0.0797 e. The minimum absolute atomic E-state index is 0.0482. The van der Waals surface area contributed by atoms with Gasteiger partial charge >= 0.3 is 0 Å². The zero-order chi connectivity index (χ0) is 10.6. The monoisotopic (exact) mass is 230 g/mol. The van der Waals surface area contributed by atoms with E-state index in [0.717, 1.165) is 17.9 Å². The molecule has 0 aliphatic rings. The van der Waals surface area contributed by atoms with Crippen LogP contribution < -0.4 is 5.73 Å². The van der Waals surface area contributed by atoms with Crippen LogP contribution in [0, 0.1) is 6.92 Å². The number of thiazole rings is 1. The molecule has 4 heteroatoms. The number of rotatable bonds is 5. The van der Waals surface area contributed by atoms with E-state index in [2.05, 4.69) is 25.8 Å². The van der Waals surface area contributed by atoms with Crippen molar-refractivity contribution in [1.82, 2.24) is 4.98 Å². The van der Waals surface area contributed by atoms with Gasteiger partial charge in [0.1, 0.15) is 0 Å². The van der Waals surface area contributed by atoms with Gasteiger partial charge in [0.15, 0.2) is 0 Å². The average Bonchev–Trinajstić information content (AvgIpc) is 2.44. The Bertz CT molecular complexity index is 276. The van der Waals surface area contributed by atoms with Crippen LogP contribution in [0.2, 0.25) is 0 Å². The molecule has 0 spiro atoms. The second-order valence-electron chi connectivity index (χ2n) is 4.15. The Morgan fingerprint density at radius 3 is 2.79 bits per heavy atom. The van der Waals surface area contributed by atoms with Gasteiger partial charge in [0, 0.05) is 16.2 Å². The van der Waals surface area contributed by atoms with E-state index in [0.29, 0.717) is 0 Å². The summed E-state index contributed by atoms with van der Waals surface area (Å²) in [6, 6.07) is 0. The van der Waals surface area contributed by atoms with Crippen LogP contribution in [0.1, 0.15) is 24.4 Å². The molecule has 0 bridgehead atoms. The average molecular weight is 230 g/mol. The van der Waals surface area contributed by atoms with Crippen molar-refractivity contribution in [2.75, 3.05) is 11.5 Å². The Labute approximate surface area is 94.3 Å². The first-order valence-corrected chi connectivity index (χ1v) is 6.78. The molecule has 1 aromatic rings. The Balaban J connectivity index is 2.20. The molecule has 1 aromatic heterocycles. The summed E-state index contributed by atoms with van der Waals surface area (Å²) in [6.45, 7) is 6.21. The number of aryl methyl sites for hydroxylation is 2. The SMILES string of the molecule is Cc1ncsc1CCSCC(C)(C)N. The molecule has 0 saturated heterocycles. The van der Waals surface area contributed by atoms with Crippen LogP contribution in [0.25, 0.3) is 0 Å². The maximum Gasteiger partial charge on any atom is 0.0797 e. The third-order valence-electron chi connectivity index (χ3n) is 1.79. The van der Waals surface area contributed by atoms with Gasteiger partial charge in [0.05, 0.1) is 11.2 Å². The lowest BCUT2D eigenvalue weighted by molar-refractivity contribution is 0.591. The molecule has 0 aromatic carbocycles. The normalized spacial score (nSPS) is 12.0. The van der Waals surface area contributed by atoms with Gasteiger partial charge < -0.3 is 5.73 Å². The number of nitrogens with zero attached hydrogens (tertiary/aromatic N) is 1. The predicted octanol–water partition coefficient (Wildman–Crippen LogP) is 2.46. The van der Waals surface area contributed by atoms with E-state index in [9.17, 15) is 0 Å². The van der Waals surface area contributed by atoms with Crippen LogP contribution in [0.5, 0.6) is 0 Å². The molecule has 0 saturated carbocycles. The molecule has 2 nitrogen and oxygen atoms in total. The zero-order valence-electron chi connectivity index (χ0n) is 9.04. The second-order valence-corrected chi connectivity index (χ2v) is 6.20. The third-order valence-corrected chi connectivity index (χ3v) is 4.23. The van der Waals surface area contributed by atoms with Crippen molar-refractivity contribution in [2.45, 2.75) is 32.7 Å². The molecular formula is C10H18N2S2. The fourth-order valence-corrected chi connectivity index (χ4v) is 3.00. The molecule has 0 aliphatic heterocycles. The minimum atomic E-state index is -0.0482. The van der Waals surface area contributed by atoms with Crippen molar-refractivity contribution in [3.8, 4) is 0 Å². The highest BCUT2D eigenvalue weighted by Gasteiger charge is 2.10. The van der Waals surface area contributed by atoms with E-state index < -0.39 is 0 Å². The summed E-state index contributed by atoms with van der Waals surface area (Å²) in [7, 11) is 0. The number of nitrogens with two attached hydrogens (primary N) is 1. The lowest BCUT2D eigenvalue weighted by Crippen LogP contribution is -2.34. The molecular weight excluding hydrogens is 212 g/mol. The highest BCUT2D eigenvalue weighted by atomic mass is 32.2. The number of hydrogen-bond acceptors (Lipinski definition) is 4. The molecule has 80 valence electrons. The van der Waals surface area contributed by atoms with Crippen LogP contribution in [0.15, 0.2) is 5.51 Å². The van der Waals surface area contributed by atoms with E-state index in [1.165, 1.54) is 10.6 Å². The molecule has 0 unspecified atom stereocenters. The van der Waals surface area contributed by atoms with Gasteiger partial charge in [0.2, 0.25) is 0 Å². The Hall–Kier alpha value is -0.0600. The first kappa shape index (κ1) is 12.0. The summed E-state index contributed by atoms with van der Waals surface area (Å²) in [4.78, 5) is 5.64. The van der Waals surface area contributed by atoms with Crippen LogP contribution in [-0.4, -0.2) is 22.0 Å². The largest absolute Gasteiger partial charge is 0.325 e. The van der Waals surface area contributed by atoms with Gasteiger partial charge in [-0.05, 0) is 32.9 Å². The fraction of sp³-hybridized carbons (Fsp3) is 0.700. The Morgan fingerprint density at radius 2 is 2.29 bits per heavy atom. The van der Waals surface area contributed by atoms with Crippen LogP contribution in [-0.2, 0) is 6.42 Å². The lowest BCUT2D eigenvalue weighted by Gasteiger charge is -2.17. The second kappa shape index (κ2) is 5.14. The third kappa shape index (κ3) is 4.44. The highest BCUT2D eigenvalue weighted by Crippen LogP contribution is 2.17. The molecule has 14 heavy (non-hydrogen) atoms. The Morgan fingerprint density at radius 1 is 1.57 bits per heavy atom. The van der Waals surface area contributed by atoms with Crippen molar-refractivity contribution in [3.05, 3.63) is 16.1 Å². The molecule has 1 heterocycles. The number of hydrogen-bond donors (Lipinski definition) is 1. The van der Waals surface area contributed by atoms with Crippen molar-refractivity contribution >= 4 is 23.1 Å². The quantitative estimate of drug-likeness (QED) is 0.790. The summed E-state index contributed by atoms with van der Waals surface area (Å²) in [5.41, 5.74) is 8.95. The molecule has 0 atom stereocenters. The van der Waals surface area contributed by atoms with Crippen molar-refractivity contribution in [2.24, 2.45) is 5.73 Å². The first-order valence-electron chi connectivity index (χ1n) is 4.74. The maximum absolute atomic E-state index is 5.89. The number of aromatic nitrogens is 1. The van der Waals surface area contributed by atoms with E-state index in [1.807, 2.05) is 17.3 Å². The van der Waals surface area contributed by atoms with Gasteiger partial charge in [-0.3, -0.25) is 0 Å². The first-order chi connectivity index (χ1) is 6.49. The summed E-state index contributed by atoms with van der Waals surface area (Å²) in [5, 5.41) is 0. The highest BCUT2D eigenvalue weighted by molar-refractivity contribution is 7.99. The molecule has 0 radical (unpaired) electrons. The molecule has 0 amide bonds. The summed E-state index contributed by atoms with van der Waals surface area (Å²) < 4.78 is 0. The fourth-order valence-electron chi connectivity index (χ4n) is 1.07. The minimum Gasteiger partial charge on any atom is -0.325 e. The van der Waals surface area contributed by atoms with E-state index in [1.54, 1.807) is 11.3 Å². The Kier molecular flexibility index (Phi) is 4.41. The van der Waals surface area contributed by atoms with Crippen molar-refractivity contribution in [3.63, 3.8) is 0 Å². The van der Waals surface area contributed by atoms with E-state index in [4.69, 9.17) is 5.73 Å². The standard InChI is InChI=1S/C10H18N2S2/c1-8-9(14-7-12-8)4-5-13-6-10(2,3)11/h7H,4-6,11H2,1-3H3. The van der Waals surface area contributed by atoms with Crippen LogP contribution >= 0.6 is 23.1 Å². The van der Waals surface area contributed by atoms with Gasteiger partial charge in [-0.25, -0.2) is 4.98 Å². The van der Waals surface area contributed by atoms with Crippen molar-refractivity contribution < 1.29 is 0 Å². The van der Waals surface area contributed by atoms with Crippen LogP contribution in [0.3, 0.4) is 0 Å². The topological polar surface area (TPSA) is 38.9 Å². The summed E-state index contributed by atoms with van der Waals surface area (Å²) in [6.07, 6.45) is 1.12. The van der Waals surface area contributed by atoms with Crippen molar-refractivity contribution in [1.29, 1.82) is 0 Å². The zero-order valence-corrected chi connectivity index (χ0v) is 10.7. The molecule has 0 fully saturated rings. The van der Waals surface area contributed by atoms with Gasteiger partial charge in [-0.2, -0.15) is 11.8 Å². The molecule has 0 aliphatic carbocycles. The lowest BCUT2D eigenvalue weighted by atomic mass is 10.1. The maximum atomic E-state index is 5.89. The van der Waals surface area contributed by atoms with E-state index in [-0.39, 0.29) is 5.54 Å². The summed E-state index contributed by atoms with van der Waals surface area (Å²) in [5.74, 6) is 2.16. The predicted molar refractivity (Wildman–Crippen MR) is 66.1 cm³/mol. The molecule has 1 rings (SSSR count). The van der Waals surface area contributed by atoms with E-state index >= 15 is 0 Å². The summed E-state index contributed by atoms with van der Waals surface area (Å²) >= 11 is 3.67. The van der Waals surface area contributed by atoms with Gasteiger partial charge in [-0.15, -0.1) is 11.3 Å². The van der Waals surface area contributed by atoms with Crippen LogP contribution in [0.4, 0.5) is 0 Å². The molecule has 2 N–H and O–H groups in total. The van der Waals surface area contributed by atoms with Gasteiger partial charge in [-0.1, -0.05) is 0 Å². The van der Waals surface area contributed by atoms with Gasteiger partial charge in [0.25, 0.3) is 0 Å².